The average Bonchev–Trinajstić information content (AvgIpc) is 3.06. The van der Waals surface area contributed by atoms with Crippen LogP contribution < -0.4 is 0 Å². The van der Waals surface area contributed by atoms with Crippen molar-refractivity contribution in [1.29, 1.82) is 0 Å². The van der Waals surface area contributed by atoms with Gasteiger partial charge in [-0.3, -0.25) is 4.79 Å². The third-order valence-electron chi connectivity index (χ3n) is 3.78. The molecule has 1 N–H and O–H groups in total. The van der Waals surface area contributed by atoms with Crippen molar-refractivity contribution >= 4 is 50.0 Å². The van der Waals surface area contributed by atoms with Gasteiger partial charge < -0.3 is 9.84 Å². The molecule has 3 aromatic rings. The second-order valence-corrected chi connectivity index (χ2v) is 7.49. The maximum absolute atomic E-state index is 14.3. The van der Waals surface area contributed by atoms with E-state index in [1.54, 1.807) is 18.3 Å². The zero-order valence-corrected chi connectivity index (χ0v) is 16.1. The fraction of sp³-hybridized carbons (Fsp3) is 0.222. The van der Waals surface area contributed by atoms with Crippen molar-refractivity contribution in [2.75, 3.05) is 19.8 Å². The van der Waals surface area contributed by atoms with E-state index in [0.717, 1.165) is 19.2 Å². The number of aliphatic hydroxyl groups excluding tert-OH is 1. The van der Waals surface area contributed by atoms with Crippen LogP contribution in [-0.2, 0) is 11.2 Å². The van der Waals surface area contributed by atoms with Crippen LogP contribution in [-0.4, -0.2) is 35.1 Å². The number of fused-ring (bicyclic) bond motifs is 1. The Morgan fingerprint density at radius 1 is 1.32 bits per heavy atom. The zero-order chi connectivity index (χ0) is 17.8. The van der Waals surface area contributed by atoms with Crippen LogP contribution in [0, 0.1) is 9.39 Å². The Balaban J connectivity index is 2.00. The second-order valence-electron chi connectivity index (χ2n) is 5.45. The van der Waals surface area contributed by atoms with E-state index < -0.39 is 0 Å². The van der Waals surface area contributed by atoms with Gasteiger partial charge in [-0.05, 0) is 57.4 Å². The monoisotopic (exact) mass is 471 g/mol. The molecule has 0 aliphatic carbocycles. The van der Waals surface area contributed by atoms with Gasteiger partial charge in [-0.1, -0.05) is 18.2 Å². The normalized spacial score (nSPS) is 11.2. The molecular weight excluding hydrogens is 456 g/mol. The number of Topliss-reactive ketones (excluding diaryl/α,β-unsaturated/α-hetero) is 1. The molecular formula is C18H15FINO3S. The molecule has 0 saturated heterocycles. The number of ether oxygens (including phenoxy) is 1. The minimum atomic E-state index is -0.289. The number of rotatable bonds is 7. The Bertz CT molecular complexity index is 912. The topological polar surface area (TPSA) is 59.4 Å². The molecule has 25 heavy (non-hydrogen) atoms. The summed E-state index contributed by atoms with van der Waals surface area (Å²) in [5.41, 5.74) is 1.80. The first-order chi connectivity index (χ1) is 12.1. The summed E-state index contributed by atoms with van der Waals surface area (Å²) in [6.45, 7) is -0.148. The first-order valence-electron chi connectivity index (χ1n) is 7.62. The third-order valence-corrected chi connectivity index (χ3v) is 5.32. The Kier molecular flexibility index (Phi) is 6.10. The lowest BCUT2D eigenvalue weighted by molar-refractivity contribution is 0.0663. The molecule has 0 fully saturated rings. The van der Waals surface area contributed by atoms with E-state index >= 15 is 0 Å². The van der Waals surface area contributed by atoms with Crippen molar-refractivity contribution in [2.45, 2.75) is 6.42 Å². The highest BCUT2D eigenvalue weighted by Crippen LogP contribution is 2.29. The first kappa shape index (κ1) is 18.4. The molecule has 0 aliphatic rings. The standard InChI is InChI=1S/C18H15FINO3S/c19-16-8-13(20)3-1-11(16)7-15-14(17(23)10-24-6-5-22)4-2-12-9-21-25-18(12)15/h1-4,8-9,22H,5-7,10H2. The van der Waals surface area contributed by atoms with Gasteiger partial charge in [0.1, 0.15) is 12.4 Å². The number of aliphatic hydroxyl groups is 1. The molecule has 3 rings (SSSR count). The summed E-state index contributed by atoms with van der Waals surface area (Å²) in [5.74, 6) is -0.479. The highest BCUT2D eigenvalue weighted by atomic mass is 127. The molecule has 7 heteroatoms. The summed E-state index contributed by atoms with van der Waals surface area (Å²) >= 11 is 3.36. The number of hydrogen-bond donors (Lipinski definition) is 1. The fourth-order valence-corrected chi connectivity index (χ4v) is 3.83. The second kappa shape index (κ2) is 8.31. The van der Waals surface area contributed by atoms with Gasteiger partial charge in [-0.2, -0.15) is 4.37 Å². The number of ketones is 1. The lowest BCUT2D eigenvalue weighted by Crippen LogP contribution is -2.14. The molecule has 0 radical (unpaired) electrons. The molecule has 0 saturated carbocycles. The molecule has 0 unspecified atom stereocenters. The summed E-state index contributed by atoms with van der Waals surface area (Å²) in [6, 6.07) is 8.65. The van der Waals surface area contributed by atoms with Crippen LogP contribution in [0.25, 0.3) is 10.1 Å². The summed E-state index contributed by atoms with van der Waals surface area (Å²) in [5, 5.41) is 9.71. The molecule has 2 aromatic carbocycles. The maximum Gasteiger partial charge on any atom is 0.188 e. The summed E-state index contributed by atoms with van der Waals surface area (Å²) in [4.78, 5) is 12.5. The van der Waals surface area contributed by atoms with Crippen LogP contribution in [0.4, 0.5) is 4.39 Å². The van der Waals surface area contributed by atoms with Gasteiger partial charge in [0.05, 0.1) is 17.9 Å². The molecule has 130 valence electrons. The van der Waals surface area contributed by atoms with Gasteiger partial charge in [0, 0.05) is 27.1 Å². The SMILES string of the molecule is O=C(COCCO)c1ccc2cnsc2c1Cc1ccc(I)cc1F. The Morgan fingerprint density at radius 3 is 2.92 bits per heavy atom. The van der Waals surface area contributed by atoms with E-state index in [1.165, 1.54) is 17.6 Å². The van der Waals surface area contributed by atoms with E-state index in [0.29, 0.717) is 17.5 Å². The highest BCUT2D eigenvalue weighted by Gasteiger charge is 2.18. The van der Waals surface area contributed by atoms with Gasteiger partial charge in [0.2, 0.25) is 0 Å². The van der Waals surface area contributed by atoms with Crippen LogP contribution in [0.2, 0.25) is 0 Å². The number of benzene rings is 2. The molecule has 4 nitrogen and oxygen atoms in total. The predicted octanol–water partition coefficient (Wildman–Crippen LogP) is 3.82. The van der Waals surface area contributed by atoms with Crippen LogP contribution in [0.15, 0.2) is 36.5 Å². The van der Waals surface area contributed by atoms with Crippen LogP contribution >= 0.6 is 34.1 Å². The molecule has 0 amide bonds. The van der Waals surface area contributed by atoms with Crippen LogP contribution in [0.1, 0.15) is 21.5 Å². The quantitative estimate of drug-likeness (QED) is 0.324. The third kappa shape index (κ3) is 4.22. The minimum Gasteiger partial charge on any atom is -0.394 e. The molecule has 1 aromatic heterocycles. The number of halogens is 2. The average molecular weight is 471 g/mol. The molecule has 0 atom stereocenters. The number of hydrogen-bond acceptors (Lipinski definition) is 5. The summed E-state index contributed by atoms with van der Waals surface area (Å²) < 4.78 is 25.3. The van der Waals surface area contributed by atoms with Crippen molar-refractivity contribution < 1.29 is 19.0 Å². The summed E-state index contributed by atoms with van der Waals surface area (Å²) in [7, 11) is 0. The Morgan fingerprint density at radius 2 is 2.16 bits per heavy atom. The van der Waals surface area contributed by atoms with E-state index in [2.05, 4.69) is 27.0 Å². The van der Waals surface area contributed by atoms with Crippen LogP contribution in [0.3, 0.4) is 0 Å². The van der Waals surface area contributed by atoms with Crippen molar-refractivity contribution in [1.82, 2.24) is 4.37 Å². The minimum absolute atomic E-state index is 0.107. The van der Waals surface area contributed by atoms with Crippen LogP contribution in [0.5, 0.6) is 0 Å². The van der Waals surface area contributed by atoms with E-state index in [1.807, 2.05) is 12.1 Å². The van der Waals surface area contributed by atoms with E-state index in [-0.39, 0.29) is 31.4 Å². The van der Waals surface area contributed by atoms with E-state index in [4.69, 9.17) is 9.84 Å². The summed E-state index contributed by atoms with van der Waals surface area (Å²) in [6.07, 6.45) is 2.05. The number of carbonyl (C=O) groups excluding carboxylic acids is 1. The number of nitrogens with zero attached hydrogens (tertiary/aromatic N) is 1. The smallest absolute Gasteiger partial charge is 0.188 e. The van der Waals surface area contributed by atoms with Gasteiger partial charge in [0.15, 0.2) is 5.78 Å². The highest BCUT2D eigenvalue weighted by molar-refractivity contribution is 14.1. The van der Waals surface area contributed by atoms with Crippen molar-refractivity contribution in [2.24, 2.45) is 0 Å². The molecule has 0 spiro atoms. The lowest BCUT2D eigenvalue weighted by Gasteiger charge is -2.11. The Labute approximate surface area is 161 Å². The van der Waals surface area contributed by atoms with E-state index in [9.17, 15) is 9.18 Å². The maximum atomic E-state index is 14.3. The fourth-order valence-electron chi connectivity index (χ4n) is 2.59. The molecule has 1 heterocycles. The number of carbonyl (C=O) groups is 1. The predicted molar refractivity (Wildman–Crippen MR) is 104 cm³/mol. The number of aromatic nitrogens is 1. The van der Waals surface area contributed by atoms with Crippen molar-refractivity contribution in [3.8, 4) is 0 Å². The zero-order valence-electron chi connectivity index (χ0n) is 13.2. The van der Waals surface area contributed by atoms with Gasteiger partial charge in [0.25, 0.3) is 0 Å². The van der Waals surface area contributed by atoms with Gasteiger partial charge >= 0.3 is 0 Å². The molecule has 0 bridgehead atoms. The Hall–Kier alpha value is -1.42. The van der Waals surface area contributed by atoms with Crippen molar-refractivity contribution in [3.63, 3.8) is 0 Å². The van der Waals surface area contributed by atoms with Crippen molar-refractivity contribution in [3.05, 3.63) is 62.6 Å². The van der Waals surface area contributed by atoms with Gasteiger partial charge in [-0.25, -0.2) is 4.39 Å². The first-order valence-corrected chi connectivity index (χ1v) is 9.47. The molecule has 0 aliphatic heterocycles. The lowest BCUT2D eigenvalue weighted by atomic mass is 9.96. The largest absolute Gasteiger partial charge is 0.394 e. The van der Waals surface area contributed by atoms with Gasteiger partial charge in [-0.15, -0.1) is 0 Å².